The fourth-order valence-corrected chi connectivity index (χ4v) is 2.28. The third-order valence-corrected chi connectivity index (χ3v) is 3.36. The summed E-state index contributed by atoms with van der Waals surface area (Å²) in [5.74, 6) is 7.39. The summed E-state index contributed by atoms with van der Waals surface area (Å²) in [6.45, 7) is 3.55. The molecule has 128 valence electrons. The van der Waals surface area contributed by atoms with Gasteiger partial charge in [-0.25, -0.2) is 9.67 Å². The average molecular weight is 337 g/mol. The summed E-state index contributed by atoms with van der Waals surface area (Å²) < 4.78 is 6.99. The van der Waals surface area contributed by atoms with Crippen molar-refractivity contribution in [3.05, 3.63) is 48.2 Å². The molecule has 0 spiro atoms. The van der Waals surface area contributed by atoms with Crippen LogP contribution in [0.1, 0.15) is 19.4 Å². The van der Waals surface area contributed by atoms with Crippen LogP contribution in [-0.2, 0) is 6.54 Å². The maximum atomic E-state index is 9.75. The number of hydrogen-bond donors (Lipinski definition) is 2. The van der Waals surface area contributed by atoms with Gasteiger partial charge in [-0.05, 0) is 38.1 Å². The number of nitrogens with zero attached hydrogens (tertiary/aromatic N) is 3. The van der Waals surface area contributed by atoms with Gasteiger partial charge in [0.15, 0.2) is 11.6 Å². The van der Waals surface area contributed by atoms with E-state index in [4.69, 9.17) is 4.42 Å². The zero-order chi connectivity index (χ0) is 17.9. The highest BCUT2D eigenvalue weighted by Gasteiger charge is 2.15. The molecule has 0 fully saturated rings. The van der Waals surface area contributed by atoms with Crippen molar-refractivity contribution in [3.8, 4) is 34.8 Å². The van der Waals surface area contributed by atoms with Gasteiger partial charge in [-0.1, -0.05) is 24.0 Å². The van der Waals surface area contributed by atoms with Crippen LogP contribution in [-0.4, -0.2) is 37.2 Å². The zero-order valence-electron chi connectivity index (χ0n) is 14.1. The van der Waals surface area contributed by atoms with Crippen LogP contribution in [0.5, 0.6) is 0 Å². The number of furan rings is 1. The zero-order valence-corrected chi connectivity index (χ0v) is 14.1. The van der Waals surface area contributed by atoms with Crippen molar-refractivity contribution in [3.63, 3.8) is 0 Å². The normalized spacial score (nSPS) is 11.2. The predicted molar refractivity (Wildman–Crippen MR) is 93.4 cm³/mol. The number of benzene rings is 1. The van der Waals surface area contributed by atoms with Crippen molar-refractivity contribution < 1.29 is 14.6 Å². The summed E-state index contributed by atoms with van der Waals surface area (Å²) in [5, 5.41) is 23.5. The minimum Gasteiger partial charge on any atom is -0.461 e. The first kappa shape index (κ1) is 17.0. The molecule has 6 heteroatoms. The van der Waals surface area contributed by atoms with E-state index in [0.717, 1.165) is 11.1 Å². The van der Waals surface area contributed by atoms with Crippen LogP contribution in [0.3, 0.4) is 0 Å². The molecule has 0 bridgehead atoms. The van der Waals surface area contributed by atoms with Gasteiger partial charge in [0.05, 0.1) is 19.4 Å². The highest BCUT2D eigenvalue weighted by molar-refractivity contribution is 5.61. The summed E-state index contributed by atoms with van der Waals surface area (Å²) in [6.07, 6.45) is 1.56. The summed E-state index contributed by atoms with van der Waals surface area (Å²) in [4.78, 5) is 4.54. The quantitative estimate of drug-likeness (QED) is 0.714. The molecule has 3 rings (SSSR count). The molecule has 2 heterocycles. The van der Waals surface area contributed by atoms with E-state index in [9.17, 15) is 10.2 Å². The Kier molecular flexibility index (Phi) is 4.70. The second kappa shape index (κ2) is 6.93. The summed E-state index contributed by atoms with van der Waals surface area (Å²) in [7, 11) is 0. The first-order valence-corrected chi connectivity index (χ1v) is 7.92. The third-order valence-electron chi connectivity index (χ3n) is 3.36. The van der Waals surface area contributed by atoms with Crippen LogP contribution >= 0.6 is 0 Å². The molecule has 3 aromatic rings. The van der Waals surface area contributed by atoms with Crippen molar-refractivity contribution in [2.45, 2.75) is 26.0 Å². The second-order valence-electron chi connectivity index (χ2n) is 6.07. The molecule has 2 N–H and O–H groups in total. The van der Waals surface area contributed by atoms with Crippen LogP contribution in [0, 0.1) is 11.8 Å². The Hall–Kier alpha value is -2.88. The molecule has 1 aromatic carbocycles. The molecule has 2 aromatic heterocycles. The molecular weight excluding hydrogens is 318 g/mol. The van der Waals surface area contributed by atoms with Gasteiger partial charge in [-0.3, -0.25) is 0 Å². The molecule has 6 nitrogen and oxygen atoms in total. The van der Waals surface area contributed by atoms with Crippen molar-refractivity contribution >= 4 is 0 Å². The van der Waals surface area contributed by atoms with Gasteiger partial charge in [0, 0.05) is 11.1 Å². The molecule has 25 heavy (non-hydrogen) atoms. The lowest BCUT2D eigenvalue weighted by Crippen LogP contribution is -2.14. The lowest BCUT2D eigenvalue weighted by atomic mass is 10.1. The first-order chi connectivity index (χ1) is 12.0. The van der Waals surface area contributed by atoms with E-state index in [-0.39, 0.29) is 6.61 Å². The number of rotatable bonds is 4. The number of aliphatic hydroxyl groups is 2. The Balaban J connectivity index is 2.02. The lowest BCUT2D eigenvalue weighted by Gasteiger charge is -2.06. The van der Waals surface area contributed by atoms with Crippen molar-refractivity contribution in [1.82, 2.24) is 14.8 Å². The van der Waals surface area contributed by atoms with E-state index in [1.165, 1.54) is 0 Å². The van der Waals surface area contributed by atoms with Gasteiger partial charge in [-0.15, -0.1) is 5.10 Å². The maximum absolute atomic E-state index is 9.75. The van der Waals surface area contributed by atoms with Gasteiger partial charge in [0.1, 0.15) is 5.60 Å². The number of hydrogen-bond acceptors (Lipinski definition) is 5. The first-order valence-electron chi connectivity index (χ1n) is 7.92. The molecule has 0 saturated heterocycles. The van der Waals surface area contributed by atoms with Crippen LogP contribution in [0.2, 0.25) is 0 Å². The van der Waals surface area contributed by atoms with E-state index >= 15 is 0 Å². The molecule has 0 radical (unpaired) electrons. The molecule has 0 atom stereocenters. The largest absolute Gasteiger partial charge is 0.461 e. The molecule has 0 saturated carbocycles. The molecule has 0 aliphatic rings. The van der Waals surface area contributed by atoms with E-state index in [2.05, 4.69) is 21.9 Å². The number of aromatic nitrogens is 3. The monoisotopic (exact) mass is 337 g/mol. The highest BCUT2D eigenvalue weighted by atomic mass is 16.3. The fourth-order valence-electron chi connectivity index (χ4n) is 2.28. The van der Waals surface area contributed by atoms with E-state index < -0.39 is 5.60 Å². The van der Waals surface area contributed by atoms with Crippen molar-refractivity contribution in [2.75, 3.05) is 6.61 Å². The second-order valence-corrected chi connectivity index (χ2v) is 6.07. The standard InChI is InChI=1S/C19H19N3O3/c1-19(2,24)9-8-14-5-3-6-15(13-14)18-20-17(16-7-4-12-25-16)21-22(18)10-11-23/h3-7,12-13,23-24H,10-11H2,1-2H3. The summed E-state index contributed by atoms with van der Waals surface area (Å²) in [6, 6.07) is 11.1. The SMILES string of the molecule is CC(C)(O)C#Cc1cccc(-c2nc(-c3ccco3)nn2CCO)c1. The fraction of sp³-hybridized carbons (Fsp3) is 0.263. The van der Waals surface area contributed by atoms with Crippen molar-refractivity contribution in [2.24, 2.45) is 0 Å². The van der Waals surface area contributed by atoms with Crippen LogP contribution in [0.15, 0.2) is 47.1 Å². The van der Waals surface area contributed by atoms with Crippen LogP contribution < -0.4 is 0 Å². The topological polar surface area (TPSA) is 84.3 Å². The minimum absolute atomic E-state index is 0.0495. The van der Waals surface area contributed by atoms with Gasteiger partial charge >= 0.3 is 0 Å². The van der Waals surface area contributed by atoms with Crippen molar-refractivity contribution in [1.29, 1.82) is 0 Å². The van der Waals surface area contributed by atoms with Gasteiger partial charge in [0.25, 0.3) is 0 Å². The molecule has 0 aliphatic carbocycles. The maximum Gasteiger partial charge on any atom is 0.217 e. The van der Waals surface area contributed by atoms with Crippen LogP contribution in [0.4, 0.5) is 0 Å². The van der Waals surface area contributed by atoms with Gasteiger partial charge < -0.3 is 14.6 Å². The number of aliphatic hydroxyl groups excluding tert-OH is 1. The van der Waals surface area contributed by atoms with Crippen LogP contribution in [0.25, 0.3) is 23.0 Å². The van der Waals surface area contributed by atoms with E-state index in [0.29, 0.717) is 24.0 Å². The minimum atomic E-state index is -1.06. The third kappa shape index (κ3) is 4.15. The molecular formula is C19H19N3O3. The molecule has 0 amide bonds. The smallest absolute Gasteiger partial charge is 0.217 e. The average Bonchev–Trinajstić information content (AvgIpc) is 3.22. The molecule has 0 aliphatic heterocycles. The van der Waals surface area contributed by atoms with Gasteiger partial charge in [-0.2, -0.15) is 0 Å². The Morgan fingerprint density at radius 1 is 1.24 bits per heavy atom. The van der Waals surface area contributed by atoms with Gasteiger partial charge in [0.2, 0.25) is 5.82 Å². The van der Waals surface area contributed by atoms with E-state index in [1.807, 2.05) is 24.3 Å². The Morgan fingerprint density at radius 2 is 2.08 bits per heavy atom. The van der Waals surface area contributed by atoms with E-state index in [1.54, 1.807) is 36.9 Å². The predicted octanol–water partition coefficient (Wildman–Crippen LogP) is 2.32. The highest BCUT2D eigenvalue weighted by Crippen LogP contribution is 2.23. The Morgan fingerprint density at radius 3 is 2.76 bits per heavy atom. The lowest BCUT2D eigenvalue weighted by molar-refractivity contribution is 0.143. The Bertz CT molecular complexity index is 910. The summed E-state index contributed by atoms with van der Waals surface area (Å²) in [5.41, 5.74) is 0.526. The molecule has 0 unspecified atom stereocenters. The summed E-state index contributed by atoms with van der Waals surface area (Å²) >= 11 is 0. The Labute approximate surface area is 145 Å².